The molecule has 0 unspecified atom stereocenters. The van der Waals surface area contributed by atoms with Gasteiger partial charge >= 0.3 is 0 Å². The van der Waals surface area contributed by atoms with Gasteiger partial charge in [-0.1, -0.05) is 84.9 Å². The summed E-state index contributed by atoms with van der Waals surface area (Å²) in [5.74, 6) is -0.347. The molecule has 0 saturated heterocycles. The molecule has 0 bridgehead atoms. The monoisotopic (exact) mass is 1150 g/mol. The second kappa shape index (κ2) is 14.5. The zero-order valence-corrected chi connectivity index (χ0v) is 34.5. The Hall–Kier alpha value is -1.17. The third-order valence-electron chi connectivity index (χ3n) is 7.86. The van der Waals surface area contributed by atoms with Crippen LogP contribution in [0.25, 0.3) is 44.5 Å². The summed E-state index contributed by atoms with van der Waals surface area (Å²) in [7, 11) is 0. The van der Waals surface area contributed by atoms with Crippen LogP contribution in [0.4, 0.5) is 8.78 Å². The summed E-state index contributed by atoms with van der Waals surface area (Å²) < 4.78 is 32.8. The quantitative estimate of drug-likeness (QED) is 0.115. The van der Waals surface area contributed by atoms with E-state index in [0.717, 1.165) is 54.1 Å². The van der Waals surface area contributed by atoms with Gasteiger partial charge in [0.05, 0.1) is 3.57 Å². The van der Waals surface area contributed by atoms with Gasteiger partial charge in [-0.05, 0) is 212 Å². The summed E-state index contributed by atoms with van der Waals surface area (Å²) >= 11 is 11.3. The van der Waals surface area contributed by atoms with E-state index in [4.69, 9.17) is 0 Å². The summed E-state index contributed by atoms with van der Waals surface area (Å²) in [6.45, 7) is 1.83. The van der Waals surface area contributed by atoms with Crippen LogP contribution in [0.15, 0.2) is 109 Å². The molecule has 0 amide bonds. The molecule has 6 aromatic carbocycles. The Labute approximate surface area is 330 Å². The zero-order chi connectivity index (χ0) is 31.8. The first-order chi connectivity index (χ1) is 21.6. The van der Waals surface area contributed by atoms with E-state index < -0.39 is 0 Å². The lowest BCUT2D eigenvalue weighted by Crippen LogP contribution is -1.94. The largest absolute Gasteiger partial charge is 0.207 e. The maximum absolute atomic E-state index is 14.0. The van der Waals surface area contributed by atoms with Crippen molar-refractivity contribution < 1.29 is 8.78 Å². The fourth-order valence-corrected chi connectivity index (χ4v) is 8.83. The SMILES string of the molecule is Cc1c(F)ccc(-c2ccc(-c3ccc(Cc4ccc(-c5ccc(-c6ccc(F)c(I)c6I)c(I)c5)cc4)cc3)cc2I)c1I. The van der Waals surface area contributed by atoms with E-state index in [1.165, 1.54) is 22.3 Å². The van der Waals surface area contributed by atoms with Gasteiger partial charge in [-0.3, -0.25) is 0 Å². The minimum atomic E-state index is -0.180. The van der Waals surface area contributed by atoms with Crippen molar-refractivity contribution in [3.8, 4) is 44.5 Å². The summed E-state index contributed by atoms with van der Waals surface area (Å²) in [5, 5.41) is 0. The summed E-state index contributed by atoms with van der Waals surface area (Å²) in [5.41, 5.74) is 12.2. The smallest absolute Gasteiger partial charge is 0.137 e. The molecule has 6 rings (SSSR count). The van der Waals surface area contributed by atoms with Crippen LogP contribution in [0.3, 0.4) is 0 Å². The van der Waals surface area contributed by atoms with Crippen molar-refractivity contribution >= 4 is 113 Å². The molecule has 0 nitrogen and oxygen atoms in total. The minimum Gasteiger partial charge on any atom is -0.207 e. The summed E-state index contributed by atoms with van der Waals surface area (Å²) in [6, 6.07) is 37.4. The maximum Gasteiger partial charge on any atom is 0.137 e. The Bertz CT molecular complexity index is 1900. The molecule has 0 radical (unpaired) electrons. The highest BCUT2D eigenvalue weighted by molar-refractivity contribution is 14.1. The number of benzene rings is 6. The van der Waals surface area contributed by atoms with Gasteiger partial charge in [0.15, 0.2) is 0 Å². The first-order valence-electron chi connectivity index (χ1n) is 14.0. The third kappa shape index (κ3) is 7.31. The van der Waals surface area contributed by atoms with Gasteiger partial charge < -0.3 is 0 Å². The van der Waals surface area contributed by atoms with Crippen LogP contribution in [0.5, 0.6) is 0 Å². The fourth-order valence-electron chi connectivity index (χ4n) is 5.30. The number of rotatable bonds is 6. The van der Waals surface area contributed by atoms with Crippen LogP contribution in [0.1, 0.15) is 16.7 Å². The van der Waals surface area contributed by atoms with Gasteiger partial charge in [-0.25, -0.2) is 8.78 Å². The van der Waals surface area contributed by atoms with Crippen molar-refractivity contribution in [2.45, 2.75) is 13.3 Å². The average Bonchev–Trinajstić information content (AvgIpc) is 3.04. The summed E-state index contributed by atoms with van der Waals surface area (Å²) in [4.78, 5) is 0. The molecule has 0 aromatic heterocycles. The van der Waals surface area contributed by atoms with E-state index in [9.17, 15) is 8.78 Å². The van der Waals surface area contributed by atoms with Gasteiger partial charge in [0, 0.05) is 14.3 Å². The van der Waals surface area contributed by atoms with E-state index in [0.29, 0.717) is 9.13 Å². The van der Waals surface area contributed by atoms with Crippen molar-refractivity contribution in [1.82, 2.24) is 0 Å². The van der Waals surface area contributed by atoms with Crippen molar-refractivity contribution in [3.63, 3.8) is 0 Å². The van der Waals surface area contributed by atoms with E-state index in [1.54, 1.807) is 12.1 Å². The van der Waals surface area contributed by atoms with E-state index in [2.05, 4.69) is 198 Å². The lowest BCUT2D eigenvalue weighted by atomic mass is 9.96. The van der Waals surface area contributed by atoms with E-state index in [1.807, 2.05) is 19.1 Å². The molecule has 224 valence electrons. The zero-order valence-electron chi connectivity index (χ0n) is 23.7. The molecule has 0 heterocycles. The minimum absolute atomic E-state index is 0.167. The molecule has 0 aliphatic rings. The van der Waals surface area contributed by atoms with Crippen LogP contribution in [-0.4, -0.2) is 0 Å². The fraction of sp³-hybridized carbons (Fsp3) is 0.0526. The van der Waals surface area contributed by atoms with E-state index >= 15 is 0 Å². The molecule has 0 N–H and O–H groups in total. The standard InChI is InChI=1S/C38H23F2I5/c1-21-32(39)16-14-30(36(21)43)28-12-10-26(19-34(28)41)24-6-2-22(3-7-24)18-23-4-8-25(9-5-23)27-11-13-29(35(42)20-27)31-15-17-33(40)38(45)37(31)44/h2-17,19-20H,18H2,1H3. The first kappa shape index (κ1) is 33.7. The second-order valence-electron chi connectivity index (χ2n) is 10.7. The molecule has 45 heavy (non-hydrogen) atoms. The van der Waals surface area contributed by atoms with E-state index in [-0.39, 0.29) is 11.6 Å². The molecule has 6 aromatic rings. The van der Waals surface area contributed by atoms with Crippen LogP contribution in [0.2, 0.25) is 0 Å². The van der Waals surface area contributed by atoms with Crippen molar-refractivity contribution in [2.75, 3.05) is 0 Å². The van der Waals surface area contributed by atoms with Gasteiger partial charge in [0.1, 0.15) is 11.6 Å². The van der Waals surface area contributed by atoms with Crippen LogP contribution in [0, 0.1) is 36.4 Å². The number of halogens is 7. The Morgan fingerprint density at radius 3 is 1.29 bits per heavy atom. The van der Waals surface area contributed by atoms with Crippen LogP contribution >= 0.6 is 113 Å². The first-order valence-corrected chi connectivity index (χ1v) is 19.4. The molecule has 0 fully saturated rings. The topological polar surface area (TPSA) is 0 Å². The highest BCUT2D eigenvalue weighted by atomic mass is 127. The highest BCUT2D eigenvalue weighted by Gasteiger charge is 2.15. The van der Waals surface area contributed by atoms with Crippen molar-refractivity contribution in [3.05, 3.63) is 155 Å². The molecule has 0 aliphatic heterocycles. The summed E-state index contributed by atoms with van der Waals surface area (Å²) in [6.07, 6.45) is 0.859. The lowest BCUT2D eigenvalue weighted by molar-refractivity contribution is 0.617. The molecule has 0 aliphatic carbocycles. The predicted octanol–water partition coefficient (Wildman–Crippen LogP) is 13.6. The van der Waals surface area contributed by atoms with Gasteiger partial charge in [0.25, 0.3) is 0 Å². The van der Waals surface area contributed by atoms with Crippen molar-refractivity contribution in [2.24, 2.45) is 0 Å². The average molecular weight is 1150 g/mol. The molecule has 0 saturated carbocycles. The molecule has 0 atom stereocenters. The van der Waals surface area contributed by atoms with Crippen LogP contribution < -0.4 is 0 Å². The Balaban J connectivity index is 1.15. The Kier molecular flexibility index (Phi) is 10.9. The molecule has 0 spiro atoms. The normalized spacial score (nSPS) is 11.2. The number of hydrogen-bond acceptors (Lipinski definition) is 0. The lowest BCUT2D eigenvalue weighted by Gasteiger charge is -2.12. The molecular formula is C38H23F2I5. The van der Waals surface area contributed by atoms with Gasteiger partial charge in [-0.2, -0.15) is 0 Å². The third-order valence-corrected chi connectivity index (χ3v) is 14.2. The Morgan fingerprint density at radius 1 is 0.422 bits per heavy atom. The van der Waals surface area contributed by atoms with Gasteiger partial charge in [0.2, 0.25) is 0 Å². The van der Waals surface area contributed by atoms with Crippen LogP contribution in [-0.2, 0) is 6.42 Å². The second-order valence-corrected chi connectivity index (χ2v) is 16.3. The number of hydrogen-bond donors (Lipinski definition) is 0. The predicted molar refractivity (Wildman–Crippen MR) is 226 cm³/mol. The maximum atomic E-state index is 14.0. The molecule has 7 heteroatoms. The molecular weight excluding hydrogens is 1130 g/mol. The van der Waals surface area contributed by atoms with Crippen molar-refractivity contribution in [1.29, 1.82) is 0 Å². The highest BCUT2D eigenvalue weighted by Crippen LogP contribution is 2.36. The Morgan fingerprint density at radius 2 is 0.822 bits per heavy atom. The van der Waals surface area contributed by atoms with Gasteiger partial charge in [-0.15, -0.1) is 0 Å².